The highest BCUT2D eigenvalue weighted by Gasteiger charge is 2.29. The minimum absolute atomic E-state index is 0.0590. The number of hydrogen-bond donors (Lipinski definition) is 2. The number of Topliss-reactive ketones (excluding diaryl/α,β-unsaturated/α-hetero) is 1. The van der Waals surface area contributed by atoms with Crippen molar-refractivity contribution >= 4 is 28.5 Å². The molecule has 2 atom stereocenters. The van der Waals surface area contributed by atoms with Crippen LogP contribution in [0.25, 0.3) is 11.0 Å². The molecular formula is C19H23N5O3. The summed E-state index contributed by atoms with van der Waals surface area (Å²) >= 11 is 0. The molecule has 8 nitrogen and oxygen atoms in total. The van der Waals surface area contributed by atoms with Crippen LogP contribution >= 0.6 is 0 Å². The van der Waals surface area contributed by atoms with Crippen LogP contribution in [0.1, 0.15) is 29.6 Å². The number of amides is 1. The molecule has 2 N–H and O–H groups in total. The van der Waals surface area contributed by atoms with Crippen LogP contribution in [0.15, 0.2) is 25.2 Å². The Bertz CT molecular complexity index is 871. The minimum atomic E-state index is -0.118. The Morgan fingerprint density at radius 1 is 1.37 bits per heavy atom. The predicted octanol–water partition coefficient (Wildman–Crippen LogP) is 1.77. The van der Waals surface area contributed by atoms with Gasteiger partial charge in [-0.1, -0.05) is 6.58 Å². The first-order valence-corrected chi connectivity index (χ1v) is 9.29. The molecule has 2 fully saturated rings. The van der Waals surface area contributed by atoms with E-state index in [2.05, 4.69) is 26.8 Å². The van der Waals surface area contributed by atoms with E-state index in [1.165, 1.54) is 12.4 Å². The third-order valence-corrected chi connectivity index (χ3v) is 5.28. The summed E-state index contributed by atoms with van der Waals surface area (Å²) < 4.78 is 5.36. The zero-order valence-corrected chi connectivity index (χ0v) is 15.1. The van der Waals surface area contributed by atoms with E-state index in [-0.39, 0.29) is 23.7 Å². The molecule has 0 bridgehead atoms. The largest absolute Gasteiger partial charge is 0.381 e. The van der Waals surface area contributed by atoms with Gasteiger partial charge in [-0.15, -0.1) is 0 Å². The molecule has 0 unspecified atom stereocenters. The second kappa shape index (κ2) is 7.48. The van der Waals surface area contributed by atoms with Crippen molar-refractivity contribution in [3.8, 4) is 0 Å². The maximum absolute atomic E-state index is 12.9. The van der Waals surface area contributed by atoms with Gasteiger partial charge in [-0.2, -0.15) is 0 Å². The van der Waals surface area contributed by atoms with E-state index in [4.69, 9.17) is 4.74 Å². The molecule has 142 valence electrons. The fourth-order valence-corrected chi connectivity index (χ4v) is 3.85. The second-order valence-corrected chi connectivity index (χ2v) is 7.04. The fourth-order valence-electron chi connectivity index (χ4n) is 3.85. The zero-order valence-electron chi connectivity index (χ0n) is 15.1. The molecule has 1 amide bonds. The van der Waals surface area contributed by atoms with Crippen LogP contribution in [0.2, 0.25) is 0 Å². The number of nitrogens with zero attached hydrogens (tertiary/aromatic N) is 3. The van der Waals surface area contributed by atoms with Crippen LogP contribution in [0, 0.1) is 5.92 Å². The minimum Gasteiger partial charge on any atom is -0.381 e. The normalized spacial score (nSPS) is 22.7. The van der Waals surface area contributed by atoms with E-state index in [0.717, 1.165) is 25.8 Å². The number of piperidine rings is 1. The SMILES string of the molecule is C=CC(=O)N1CCC[C@@H](Nc2ncnc3[nH]cc(C(=O)[C@@H]4CCOC4)c23)C1. The number of aromatic nitrogens is 3. The van der Waals surface area contributed by atoms with E-state index in [1.807, 2.05) is 0 Å². The van der Waals surface area contributed by atoms with Crippen LogP contribution in [0.5, 0.6) is 0 Å². The average Bonchev–Trinajstić information content (AvgIpc) is 3.37. The Kier molecular flexibility index (Phi) is 4.89. The number of rotatable bonds is 5. The highest BCUT2D eigenvalue weighted by molar-refractivity contribution is 6.11. The number of carbonyl (C=O) groups excluding carboxylic acids is 2. The van der Waals surface area contributed by atoms with Crippen molar-refractivity contribution in [1.29, 1.82) is 0 Å². The molecule has 8 heteroatoms. The van der Waals surface area contributed by atoms with Gasteiger partial charge in [0.15, 0.2) is 5.78 Å². The summed E-state index contributed by atoms with van der Waals surface area (Å²) in [6.07, 6.45) is 7.10. The lowest BCUT2D eigenvalue weighted by Crippen LogP contribution is -2.44. The smallest absolute Gasteiger partial charge is 0.246 e. The molecule has 0 radical (unpaired) electrons. The van der Waals surface area contributed by atoms with Crippen molar-refractivity contribution in [2.45, 2.75) is 25.3 Å². The molecule has 0 spiro atoms. The maximum atomic E-state index is 12.9. The van der Waals surface area contributed by atoms with Crippen molar-refractivity contribution in [3.05, 3.63) is 30.7 Å². The molecule has 4 heterocycles. The first kappa shape index (κ1) is 17.7. The van der Waals surface area contributed by atoms with E-state index in [0.29, 0.717) is 42.2 Å². The monoisotopic (exact) mass is 369 g/mol. The lowest BCUT2D eigenvalue weighted by atomic mass is 9.97. The molecule has 2 aliphatic heterocycles. The van der Waals surface area contributed by atoms with Crippen LogP contribution in [-0.4, -0.2) is 63.9 Å². The molecular weight excluding hydrogens is 346 g/mol. The number of ketones is 1. The number of nitrogens with one attached hydrogen (secondary N) is 2. The van der Waals surface area contributed by atoms with Gasteiger partial charge < -0.3 is 19.9 Å². The summed E-state index contributed by atoms with van der Waals surface area (Å²) in [6.45, 7) is 5.96. The maximum Gasteiger partial charge on any atom is 0.246 e. The van der Waals surface area contributed by atoms with Crippen LogP contribution < -0.4 is 5.32 Å². The first-order valence-electron chi connectivity index (χ1n) is 9.29. The highest BCUT2D eigenvalue weighted by Crippen LogP contribution is 2.29. The summed E-state index contributed by atoms with van der Waals surface area (Å²) in [4.78, 5) is 38.3. The van der Waals surface area contributed by atoms with E-state index in [1.54, 1.807) is 11.1 Å². The summed E-state index contributed by atoms with van der Waals surface area (Å²) in [5.41, 5.74) is 1.23. The molecule has 4 rings (SSSR count). The standard InChI is InChI=1S/C19H23N5O3/c1-2-15(25)24-6-3-4-13(9-24)23-19-16-14(8-20-18(16)21-11-22-19)17(26)12-5-7-27-10-12/h2,8,11-13H,1,3-7,9-10H2,(H2,20,21,22,23)/t12-,13-/m1/s1. The number of likely N-dealkylation sites (tertiary alicyclic amines) is 1. The molecule has 0 aromatic carbocycles. The Morgan fingerprint density at radius 2 is 2.26 bits per heavy atom. The molecule has 0 saturated carbocycles. The molecule has 2 aromatic heterocycles. The summed E-state index contributed by atoms with van der Waals surface area (Å²) in [5.74, 6) is 0.505. The lowest BCUT2D eigenvalue weighted by molar-refractivity contribution is -0.127. The molecule has 27 heavy (non-hydrogen) atoms. The van der Waals surface area contributed by atoms with E-state index in [9.17, 15) is 9.59 Å². The summed E-state index contributed by atoms with van der Waals surface area (Å²) in [5, 5.41) is 4.13. The van der Waals surface area contributed by atoms with Gasteiger partial charge in [0.25, 0.3) is 0 Å². The number of hydrogen-bond acceptors (Lipinski definition) is 6. The molecule has 2 aromatic rings. The Balaban J connectivity index is 1.60. The Hall–Kier alpha value is -2.74. The van der Waals surface area contributed by atoms with E-state index < -0.39 is 0 Å². The average molecular weight is 369 g/mol. The Morgan fingerprint density at radius 3 is 3.04 bits per heavy atom. The number of anilines is 1. The zero-order chi connectivity index (χ0) is 18.8. The van der Waals surface area contributed by atoms with Crippen molar-refractivity contribution in [1.82, 2.24) is 19.9 Å². The topological polar surface area (TPSA) is 100 Å². The van der Waals surface area contributed by atoms with E-state index >= 15 is 0 Å². The number of ether oxygens (including phenoxy) is 1. The van der Waals surface area contributed by atoms with Crippen molar-refractivity contribution in [3.63, 3.8) is 0 Å². The molecule has 0 aliphatic carbocycles. The van der Waals surface area contributed by atoms with Crippen LogP contribution in [0.3, 0.4) is 0 Å². The van der Waals surface area contributed by atoms with Gasteiger partial charge in [-0.25, -0.2) is 9.97 Å². The van der Waals surface area contributed by atoms with Crippen molar-refractivity contribution in [2.24, 2.45) is 5.92 Å². The quantitative estimate of drug-likeness (QED) is 0.615. The number of carbonyl (C=O) groups is 2. The van der Waals surface area contributed by atoms with Gasteiger partial charge in [0, 0.05) is 43.4 Å². The molecule has 2 saturated heterocycles. The van der Waals surface area contributed by atoms with Gasteiger partial charge in [0.2, 0.25) is 5.91 Å². The summed E-state index contributed by atoms with van der Waals surface area (Å²) in [7, 11) is 0. The lowest BCUT2D eigenvalue weighted by Gasteiger charge is -2.32. The summed E-state index contributed by atoms with van der Waals surface area (Å²) in [6, 6.07) is 0.0633. The van der Waals surface area contributed by atoms with Gasteiger partial charge in [0.1, 0.15) is 17.8 Å². The fraction of sp³-hybridized carbons (Fsp3) is 0.474. The first-order chi connectivity index (χ1) is 13.2. The Labute approximate surface area is 157 Å². The van der Waals surface area contributed by atoms with Crippen LogP contribution in [-0.2, 0) is 9.53 Å². The van der Waals surface area contributed by atoms with Crippen molar-refractivity contribution in [2.75, 3.05) is 31.6 Å². The number of H-pyrrole nitrogens is 1. The second-order valence-electron chi connectivity index (χ2n) is 7.04. The van der Waals surface area contributed by atoms with Gasteiger partial charge in [0.05, 0.1) is 12.0 Å². The van der Waals surface area contributed by atoms with Crippen LogP contribution in [0.4, 0.5) is 5.82 Å². The number of fused-ring (bicyclic) bond motifs is 1. The predicted molar refractivity (Wildman–Crippen MR) is 101 cm³/mol. The molecule has 2 aliphatic rings. The van der Waals surface area contributed by atoms with Gasteiger partial charge >= 0.3 is 0 Å². The third-order valence-electron chi connectivity index (χ3n) is 5.28. The van der Waals surface area contributed by atoms with Crippen molar-refractivity contribution < 1.29 is 14.3 Å². The van der Waals surface area contributed by atoms with Gasteiger partial charge in [-0.05, 0) is 25.3 Å². The van der Waals surface area contributed by atoms with Gasteiger partial charge in [-0.3, -0.25) is 9.59 Å². The number of aromatic amines is 1. The third kappa shape index (κ3) is 3.44. The highest BCUT2D eigenvalue weighted by atomic mass is 16.5.